The minimum atomic E-state index is -3.96. The van der Waals surface area contributed by atoms with Crippen LogP contribution in [0.2, 0.25) is 0 Å². The highest BCUT2D eigenvalue weighted by molar-refractivity contribution is 7.93. The molecule has 0 aliphatic rings. The lowest BCUT2D eigenvalue weighted by atomic mass is 10.3. The Morgan fingerprint density at radius 2 is 2.00 bits per heavy atom. The molecule has 0 spiro atoms. The van der Waals surface area contributed by atoms with E-state index >= 15 is 0 Å². The van der Waals surface area contributed by atoms with Crippen LogP contribution in [0.15, 0.2) is 34.5 Å². The number of anilines is 1. The van der Waals surface area contributed by atoms with E-state index in [4.69, 9.17) is 0 Å². The summed E-state index contributed by atoms with van der Waals surface area (Å²) in [5.74, 6) is -2.32. The van der Waals surface area contributed by atoms with Crippen LogP contribution in [0.25, 0.3) is 0 Å². The lowest BCUT2D eigenvalue weighted by molar-refractivity contribution is 0.511. The van der Waals surface area contributed by atoms with E-state index in [1.807, 2.05) is 6.92 Å². The van der Waals surface area contributed by atoms with Crippen molar-refractivity contribution in [1.29, 1.82) is 0 Å². The molecule has 0 unspecified atom stereocenters. The summed E-state index contributed by atoms with van der Waals surface area (Å²) in [7, 11) is -3.96. The number of benzene rings is 1. The van der Waals surface area contributed by atoms with Crippen molar-refractivity contribution in [3.8, 4) is 0 Å². The fourth-order valence-corrected chi connectivity index (χ4v) is 4.19. The molecule has 0 saturated carbocycles. The molecule has 0 atom stereocenters. The molecular formula is C13H14F2N2O2S2. The molecule has 0 amide bonds. The Bertz CT molecular complexity index is 730. The van der Waals surface area contributed by atoms with Gasteiger partial charge in [0.25, 0.3) is 10.0 Å². The SMILES string of the molecule is CCNCc1sccc1S(=O)(=O)Nc1cccc(F)c1F. The van der Waals surface area contributed by atoms with E-state index < -0.39 is 27.3 Å². The first-order valence-electron chi connectivity index (χ1n) is 6.19. The molecule has 21 heavy (non-hydrogen) atoms. The summed E-state index contributed by atoms with van der Waals surface area (Å²) in [6.45, 7) is 3.00. The molecule has 1 aromatic carbocycles. The number of thiophene rings is 1. The topological polar surface area (TPSA) is 58.2 Å². The smallest absolute Gasteiger partial charge is 0.263 e. The maximum atomic E-state index is 13.6. The predicted octanol–water partition coefficient (Wildman–Crippen LogP) is 2.94. The van der Waals surface area contributed by atoms with Gasteiger partial charge < -0.3 is 5.32 Å². The van der Waals surface area contributed by atoms with Gasteiger partial charge in [0.2, 0.25) is 0 Å². The van der Waals surface area contributed by atoms with Crippen LogP contribution >= 0.6 is 11.3 Å². The highest BCUT2D eigenvalue weighted by atomic mass is 32.2. The molecule has 2 N–H and O–H groups in total. The Kier molecular flexibility index (Phi) is 4.92. The average molecular weight is 332 g/mol. The zero-order chi connectivity index (χ0) is 15.5. The van der Waals surface area contributed by atoms with Crippen molar-refractivity contribution < 1.29 is 17.2 Å². The summed E-state index contributed by atoms with van der Waals surface area (Å²) >= 11 is 1.28. The Morgan fingerprint density at radius 3 is 2.71 bits per heavy atom. The van der Waals surface area contributed by atoms with Gasteiger partial charge in [0.15, 0.2) is 11.6 Å². The molecule has 1 aromatic heterocycles. The van der Waals surface area contributed by atoms with E-state index in [2.05, 4.69) is 10.0 Å². The minimum absolute atomic E-state index is 0.0668. The lowest BCUT2D eigenvalue weighted by Crippen LogP contribution is -2.18. The van der Waals surface area contributed by atoms with Gasteiger partial charge in [-0.3, -0.25) is 4.72 Å². The van der Waals surface area contributed by atoms with E-state index in [-0.39, 0.29) is 4.90 Å². The monoisotopic (exact) mass is 332 g/mol. The van der Waals surface area contributed by atoms with Crippen LogP contribution in [-0.4, -0.2) is 15.0 Å². The molecule has 8 heteroatoms. The molecular weight excluding hydrogens is 318 g/mol. The van der Waals surface area contributed by atoms with E-state index in [1.165, 1.54) is 29.5 Å². The van der Waals surface area contributed by atoms with Crippen molar-refractivity contribution in [3.05, 3.63) is 46.2 Å². The molecule has 0 radical (unpaired) electrons. The van der Waals surface area contributed by atoms with Crippen molar-refractivity contribution in [1.82, 2.24) is 5.32 Å². The molecule has 1 heterocycles. The highest BCUT2D eigenvalue weighted by Crippen LogP contribution is 2.26. The first-order chi connectivity index (χ1) is 9.95. The third kappa shape index (κ3) is 3.58. The van der Waals surface area contributed by atoms with Crippen LogP contribution < -0.4 is 10.0 Å². The number of sulfonamides is 1. The van der Waals surface area contributed by atoms with Gasteiger partial charge >= 0.3 is 0 Å². The molecule has 0 aliphatic carbocycles. The van der Waals surface area contributed by atoms with E-state index in [0.717, 1.165) is 6.07 Å². The maximum Gasteiger partial charge on any atom is 0.263 e. The van der Waals surface area contributed by atoms with Crippen LogP contribution in [0.1, 0.15) is 11.8 Å². The Hall–Kier alpha value is -1.51. The summed E-state index contributed by atoms with van der Waals surface area (Å²) in [5, 5.41) is 4.67. The van der Waals surface area contributed by atoms with Crippen molar-refractivity contribution in [2.24, 2.45) is 0 Å². The van der Waals surface area contributed by atoms with Gasteiger partial charge in [-0.25, -0.2) is 17.2 Å². The third-order valence-corrected chi connectivity index (χ3v) is 5.23. The highest BCUT2D eigenvalue weighted by Gasteiger charge is 2.21. The molecule has 4 nitrogen and oxygen atoms in total. The predicted molar refractivity (Wildman–Crippen MR) is 78.9 cm³/mol. The number of nitrogens with one attached hydrogen (secondary N) is 2. The standard InChI is InChI=1S/C13H14F2N2O2S2/c1-2-16-8-11-12(6-7-20-11)21(18,19)17-10-5-3-4-9(14)13(10)15/h3-7,16-17H,2,8H2,1H3. The van der Waals surface area contributed by atoms with Gasteiger partial charge in [-0.05, 0) is 30.1 Å². The van der Waals surface area contributed by atoms with E-state index in [1.54, 1.807) is 5.38 Å². The summed E-state index contributed by atoms with van der Waals surface area (Å²) in [4.78, 5) is 0.679. The number of rotatable bonds is 6. The van der Waals surface area contributed by atoms with Crippen molar-refractivity contribution in [3.63, 3.8) is 0 Å². The van der Waals surface area contributed by atoms with Crippen molar-refractivity contribution >= 4 is 27.0 Å². The summed E-state index contributed by atoms with van der Waals surface area (Å²) < 4.78 is 53.4. The third-order valence-electron chi connectivity index (χ3n) is 2.73. The van der Waals surface area contributed by atoms with Gasteiger partial charge in [-0.15, -0.1) is 11.3 Å². The summed E-state index contributed by atoms with van der Waals surface area (Å²) in [6.07, 6.45) is 0. The first-order valence-corrected chi connectivity index (χ1v) is 8.56. The van der Waals surface area contributed by atoms with Gasteiger partial charge in [-0.1, -0.05) is 13.0 Å². The molecule has 0 saturated heterocycles. The molecule has 0 fully saturated rings. The largest absolute Gasteiger partial charge is 0.312 e. The normalized spacial score (nSPS) is 11.6. The van der Waals surface area contributed by atoms with Gasteiger partial charge in [-0.2, -0.15) is 0 Å². The van der Waals surface area contributed by atoms with E-state index in [9.17, 15) is 17.2 Å². The molecule has 114 valence electrons. The van der Waals surface area contributed by atoms with Gasteiger partial charge in [0, 0.05) is 11.4 Å². The Labute approximate surface area is 125 Å². The van der Waals surface area contributed by atoms with Crippen LogP contribution in [0.4, 0.5) is 14.5 Å². The average Bonchev–Trinajstić information content (AvgIpc) is 2.91. The summed E-state index contributed by atoms with van der Waals surface area (Å²) in [5.41, 5.74) is -0.407. The number of hydrogen-bond donors (Lipinski definition) is 2. The molecule has 0 aliphatic heterocycles. The van der Waals surface area contributed by atoms with Gasteiger partial charge in [0.05, 0.1) is 5.69 Å². The van der Waals surface area contributed by atoms with Crippen molar-refractivity contribution in [2.45, 2.75) is 18.4 Å². The Balaban J connectivity index is 2.30. The van der Waals surface area contributed by atoms with Crippen molar-refractivity contribution in [2.75, 3.05) is 11.3 Å². The second-order valence-electron chi connectivity index (χ2n) is 4.20. The zero-order valence-corrected chi connectivity index (χ0v) is 12.8. The molecule has 2 aromatic rings. The van der Waals surface area contributed by atoms with Crippen LogP contribution in [0.3, 0.4) is 0 Å². The lowest BCUT2D eigenvalue weighted by Gasteiger charge is -2.10. The first kappa shape index (κ1) is 15.9. The molecule has 2 rings (SSSR count). The second-order valence-corrected chi connectivity index (χ2v) is 6.85. The van der Waals surface area contributed by atoms with Crippen LogP contribution in [-0.2, 0) is 16.6 Å². The van der Waals surface area contributed by atoms with Crippen LogP contribution in [0, 0.1) is 11.6 Å². The zero-order valence-electron chi connectivity index (χ0n) is 11.2. The number of hydrogen-bond acceptors (Lipinski definition) is 4. The minimum Gasteiger partial charge on any atom is -0.312 e. The maximum absolute atomic E-state index is 13.6. The quantitative estimate of drug-likeness (QED) is 0.855. The fraction of sp³-hybridized carbons (Fsp3) is 0.231. The van der Waals surface area contributed by atoms with Crippen LogP contribution in [0.5, 0.6) is 0 Å². The summed E-state index contributed by atoms with van der Waals surface area (Å²) in [6, 6.07) is 4.78. The second kappa shape index (κ2) is 6.50. The van der Waals surface area contributed by atoms with E-state index in [0.29, 0.717) is 18.0 Å². The fourth-order valence-electron chi connectivity index (χ4n) is 1.72. The van der Waals surface area contributed by atoms with Gasteiger partial charge in [0.1, 0.15) is 4.90 Å². The number of halogens is 2. The Morgan fingerprint density at radius 1 is 1.24 bits per heavy atom. The molecule has 0 bridgehead atoms.